The molecule has 3 heteroatoms. The summed E-state index contributed by atoms with van der Waals surface area (Å²) in [7, 11) is 0. The van der Waals surface area contributed by atoms with Gasteiger partial charge in [0, 0.05) is 12.6 Å². The summed E-state index contributed by atoms with van der Waals surface area (Å²) in [6, 6.07) is 0.498. The molecule has 2 rings (SSSR count). The quantitative estimate of drug-likeness (QED) is 0.742. The number of carbonyl (C=O) groups is 1. The summed E-state index contributed by atoms with van der Waals surface area (Å²) in [6.45, 7) is 5.60. The fourth-order valence-corrected chi connectivity index (χ4v) is 3.64. The lowest BCUT2D eigenvalue weighted by Gasteiger charge is -2.28. The van der Waals surface area contributed by atoms with E-state index in [9.17, 15) is 4.79 Å². The van der Waals surface area contributed by atoms with Gasteiger partial charge in [-0.05, 0) is 50.4 Å². The monoisotopic (exact) mass is 238 g/mol. The summed E-state index contributed by atoms with van der Waals surface area (Å²) in [5, 5.41) is 6.32. The van der Waals surface area contributed by atoms with Crippen LogP contribution in [-0.2, 0) is 4.79 Å². The maximum atomic E-state index is 11.5. The molecule has 0 spiro atoms. The largest absolute Gasteiger partial charge is 0.355 e. The molecule has 98 valence electrons. The summed E-state index contributed by atoms with van der Waals surface area (Å²) < 4.78 is 0. The molecule has 0 radical (unpaired) electrons. The van der Waals surface area contributed by atoms with E-state index in [0.29, 0.717) is 12.6 Å². The molecule has 0 aromatic heterocycles. The van der Waals surface area contributed by atoms with Gasteiger partial charge in [0.05, 0.1) is 6.54 Å². The van der Waals surface area contributed by atoms with Crippen LogP contribution in [0.2, 0.25) is 0 Å². The SMILES string of the molecule is CCCNC(=O)CNC(C)C1CC2CCC1C2. The molecular weight excluding hydrogens is 212 g/mol. The average Bonchev–Trinajstić information content (AvgIpc) is 2.95. The van der Waals surface area contributed by atoms with E-state index in [-0.39, 0.29) is 5.91 Å². The Labute approximate surface area is 105 Å². The minimum atomic E-state index is 0.141. The van der Waals surface area contributed by atoms with Gasteiger partial charge in [0.1, 0.15) is 0 Å². The van der Waals surface area contributed by atoms with Gasteiger partial charge in [-0.25, -0.2) is 0 Å². The lowest BCUT2D eigenvalue weighted by atomic mass is 9.84. The molecule has 2 aliphatic carbocycles. The number of hydrogen-bond acceptors (Lipinski definition) is 2. The van der Waals surface area contributed by atoms with Crippen LogP contribution in [0.1, 0.15) is 46.0 Å². The molecule has 2 aliphatic rings. The highest BCUT2D eigenvalue weighted by molar-refractivity contribution is 5.77. The summed E-state index contributed by atoms with van der Waals surface area (Å²) in [4.78, 5) is 11.5. The first-order valence-electron chi connectivity index (χ1n) is 7.20. The Bertz CT molecular complexity index is 267. The molecule has 2 N–H and O–H groups in total. The lowest BCUT2D eigenvalue weighted by molar-refractivity contribution is -0.120. The van der Waals surface area contributed by atoms with Gasteiger partial charge in [-0.2, -0.15) is 0 Å². The Morgan fingerprint density at radius 1 is 1.35 bits per heavy atom. The van der Waals surface area contributed by atoms with Crippen LogP contribution in [-0.4, -0.2) is 25.0 Å². The van der Waals surface area contributed by atoms with E-state index in [2.05, 4.69) is 24.5 Å². The van der Waals surface area contributed by atoms with Crippen molar-refractivity contribution in [2.75, 3.05) is 13.1 Å². The predicted molar refractivity (Wildman–Crippen MR) is 69.7 cm³/mol. The summed E-state index contributed by atoms with van der Waals surface area (Å²) in [6.07, 6.45) is 6.70. The number of rotatable bonds is 6. The fourth-order valence-electron chi connectivity index (χ4n) is 3.64. The van der Waals surface area contributed by atoms with Crippen LogP contribution in [0, 0.1) is 17.8 Å². The third kappa shape index (κ3) is 3.21. The minimum absolute atomic E-state index is 0.141. The van der Waals surface area contributed by atoms with Gasteiger partial charge in [0.25, 0.3) is 0 Å². The van der Waals surface area contributed by atoms with Crippen LogP contribution < -0.4 is 10.6 Å². The summed E-state index contributed by atoms with van der Waals surface area (Å²) >= 11 is 0. The van der Waals surface area contributed by atoms with E-state index in [1.807, 2.05) is 0 Å². The van der Waals surface area contributed by atoms with Gasteiger partial charge in [-0.1, -0.05) is 13.3 Å². The Morgan fingerprint density at radius 2 is 2.18 bits per heavy atom. The molecule has 4 atom stereocenters. The maximum absolute atomic E-state index is 11.5. The van der Waals surface area contributed by atoms with Crippen molar-refractivity contribution < 1.29 is 4.79 Å². The first-order valence-corrected chi connectivity index (χ1v) is 7.20. The molecule has 4 unspecified atom stereocenters. The van der Waals surface area contributed by atoms with Crippen LogP contribution in [0.15, 0.2) is 0 Å². The zero-order valence-electron chi connectivity index (χ0n) is 11.2. The maximum Gasteiger partial charge on any atom is 0.233 e. The normalized spacial score (nSPS) is 32.7. The van der Waals surface area contributed by atoms with Crippen molar-refractivity contribution >= 4 is 5.91 Å². The van der Waals surface area contributed by atoms with Crippen LogP contribution >= 0.6 is 0 Å². The van der Waals surface area contributed by atoms with Crippen molar-refractivity contribution in [3.63, 3.8) is 0 Å². The number of carbonyl (C=O) groups excluding carboxylic acids is 1. The Hall–Kier alpha value is -0.570. The van der Waals surface area contributed by atoms with E-state index in [1.165, 1.54) is 25.7 Å². The van der Waals surface area contributed by atoms with E-state index in [1.54, 1.807) is 0 Å². The number of hydrogen-bond donors (Lipinski definition) is 2. The van der Waals surface area contributed by atoms with Gasteiger partial charge in [0.2, 0.25) is 5.91 Å². The first-order chi connectivity index (χ1) is 8.20. The highest BCUT2D eigenvalue weighted by Gasteiger charge is 2.41. The Morgan fingerprint density at radius 3 is 2.76 bits per heavy atom. The molecule has 0 aliphatic heterocycles. The van der Waals surface area contributed by atoms with Gasteiger partial charge in [-0.15, -0.1) is 0 Å². The molecule has 0 aromatic carbocycles. The second-order valence-electron chi connectivity index (χ2n) is 5.86. The van der Waals surface area contributed by atoms with Crippen molar-refractivity contribution in [3.8, 4) is 0 Å². The molecule has 0 aromatic rings. The van der Waals surface area contributed by atoms with E-state index in [4.69, 9.17) is 0 Å². The van der Waals surface area contributed by atoms with Crippen molar-refractivity contribution in [2.45, 2.75) is 52.0 Å². The second-order valence-corrected chi connectivity index (χ2v) is 5.86. The van der Waals surface area contributed by atoms with Gasteiger partial charge in [0.15, 0.2) is 0 Å². The van der Waals surface area contributed by atoms with Gasteiger partial charge < -0.3 is 10.6 Å². The van der Waals surface area contributed by atoms with Crippen molar-refractivity contribution in [1.29, 1.82) is 0 Å². The topological polar surface area (TPSA) is 41.1 Å². The van der Waals surface area contributed by atoms with Crippen LogP contribution in [0.25, 0.3) is 0 Å². The van der Waals surface area contributed by atoms with Gasteiger partial charge in [-0.3, -0.25) is 4.79 Å². The molecule has 2 fully saturated rings. The summed E-state index contributed by atoms with van der Waals surface area (Å²) in [5.41, 5.74) is 0. The number of amides is 1. The van der Waals surface area contributed by atoms with Crippen molar-refractivity contribution in [3.05, 3.63) is 0 Å². The molecule has 0 heterocycles. The van der Waals surface area contributed by atoms with E-state index in [0.717, 1.165) is 30.7 Å². The van der Waals surface area contributed by atoms with Crippen LogP contribution in [0.5, 0.6) is 0 Å². The van der Waals surface area contributed by atoms with E-state index < -0.39 is 0 Å². The zero-order valence-corrected chi connectivity index (χ0v) is 11.2. The lowest BCUT2D eigenvalue weighted by Crippen LogP contribution is -2.42. The zero-order chi connectivity index (χ0) is 12.3. The second kappa shape index (κ2) is 5.85. The summed E-state index contributed by atoms with van der Waals surface area (Å²) in [5.74, 6) is 2.87. The molecule has 17 heavy (non-hydrogen) atoms. The molecule has 1 amide bonds. The predicted octanol–water partition coefficient (Wildman–Crippen LogP) is 1.93. The van der Waals surface area contributed by atoms with Crippen LogP contribution in [0.3, 0.4) is 0 Å². The van der Waals surface area contributed by atoms with Crippen molar-refractivity contribution in [1.82, 2.24) is 10.6 Å². The van der Waals surface area contributed by atoms with E-state index >= 15 is 0 Å². The van der Waals surface area contributed by atoms with Gasteiger partial charge >= 0.3 is 0 Å². The Balaban J connectivity index is 1.67. The fraction of sp³-hybridized carbons (Fsp3) is 0.929. The highest BCUT2D eigenvalue weighted by atomic mass is 16.1. The molecule has 0 saturated heterocycles. The third-order valence-electron chi connectivity index (χ3n) is 4.59. The average molecular weight is 238 g/mol. The number of fused-ring (bicyclic) bond motifs is 2. The highest BCUT2D eigenvalue weighted by Crippen LogP contribution is 2.49. The third-order valence-corrected chi connectivity index (χ3v) is 4.59. The molecule has 3 nitrogen and oxygen atoms in total. The smallest absolute Gasteiger partial charge is 0.233 e. The first kappa shape index (κ1) is 12.9. The standard InChI is InChI=1S/C14H26N2O/c1-3-6-15-14(17)9-16-10(2)13-8-11-4-5-12(13)7-11/h10-13,16H,3-9H2,1-2H3,(H,15,17). The number of nitrogens with one attached hydrogen (secondary N) is 2. The molecular formula is C14H26N2O. The van der Waals surface area contributed by atoms with Crippen molar-refractivity contribution in [2.24, 2.45) is 17.8 Å². The minimum Gasteiger partial charge on any atom is -0.355 e. The molecule has 2 saturated carbocycles. The Kier molecular flexibility index (Phi) is 4.43. The molecule has 2 bridgehead atoms. The van der Waals surface area contributed by atoms with Crippen LogP contribution in [0.4, 0.5) is 0 Å².